The van der Waals surface area contributed by atoms with Gasteiger partial charge < -0.3 is 14.8 Å². The number of carbonyl (C=O) groups excluding carboxylic acids is 2. The molecule has 3 aromatic rings. The molecule has 0 heterocycles. The van der Waals surface area contributed by atoms with Gasteiger partial charge in [0.05, 0.1) is 28.7 Å². The highest BCUT2D eigenvalue weighted by Gasteiger charge is 2.22. The van der Waals surface area contributed by atoms with E-state index in [4.69, 9.17) is 9.47 Å². The second-order valence-corrected chi connectivity index (χ2v) is 7.88. The molecule has 0 bridgehead atoms. The average Bonchev–Trinajstić information content (AvgIpc) is 2.87. The van der Waals surface area contributed by atoms with Crippen molar-refractivity contribution >= 4 is 35.1 Å². The fraction of sp³-hybridized carbons (Fsp3) is 0.160. The number of aryl methyl sites for hydroxylation is 2. The summed E-state index contributed by atoms with van der Waals surface area (Å²) in [5.41, 5.74) is 3.78. The van der Waals surface area contributed by atoms with Crippen LogP contribution >= 0.6 is 0 Å². The first kappa shape index (κ1) is 27.3. The highest BCUT2D eigenvalue weighted by Crippen LogP contribution is 2.38. The van der Waals surface area contributed by atoms with Crippen molar-refractivity contribution in [1.82, 2.24) is 5.43 Å². The van der Waals surface area contributed by atoms with E-state index in [0.29, 0.717) is 11.3 Å². The second-order valence-electron chi connectivity index (χ2n) is 7.88. The zero-order valence-electron chi connectivity index (χ0n) is 20.6. The number of amides is 2. The summed E-state index contributed by atoms with van der Waals surface area (Å²) in [6, 6.07) is 12.9. The van der Waals surface area contributed by atoms with Gasteiger partial charge in [-0.1, -0.05) is 12.1 Å². The first-order chi connectivity index (χ1) is 18.1. The van der Waals surface area contributed by atoms with Crippen LogP contribution in [0.1, 0.15) is 23.6 Å². The quantitative estimate of drug-likeness (QED) is 0.180. The number of hydrogen-bond donors (Lipinski definition) is 2. The van der Waals surface area contributed by atoms with Gasteiger partial charge in [0.15, 0.2) is 11.5 Å². The van der Waals surface area contributed by atoms with Crippen LogP contribution in [0.25, 0.3) is 0 Å². The molecule has 2 amide bonds. The van der Waals surface area contributed by atoms with Gasteiger partial charge in [0.1, 0.15) is 0 Å². The highest BCUT2D eigenvalue weighted by atomic mass is 16.6. The summed E-state index contributed by atoms with van der Waals surface area (Å²) in [6.07, 6.45) is 1.27. The number of hydrazone groups is 1. The third-order valence-electron chi connectivity index (χ3n) is 5.06. The van der Waals surface area contributed by atoms with Crippen LogP contribution in [0.3, 0.4) is 0 Å². The van der Waals surface area contributed by atoms with Gasteiger partial charge in [0, 0.05) is 11.8 Å². The van der Waals surface area contributed by atoms with Crippen molar-refractivity contribution in [1.29, 1.82) is 0 Å². The SMILES string of the molecule is CCOc1cc(/C=N/NC(=O)C(=O)Nc2cc(C)ccc2C)ccc1Oc1ccc([N+](=O)[O-])cc1[N+](=O)[O-]. The molecule has 0 saturated carbocycles. The predicted octanol–water partition coefficient (Wildman–Crippen LogP) is 4.40. The van der Waals surface area contributed by atoms with Crippen molar-refractivity contribution in [2.75, 3.05) is 11.9 Å². The smallest absolute Gasteiger partial charge is 0.329 e. The van der Waals surface area contributed by atoms with Gasteiger partial charge >= 0.3 is 17.5 Å². The topological polar surface area (TPSA) is 175 Å². The number of carbonyl (C=O) groups is 2. The lowest BCUT2D eigenvalue weighted by Gasteiger charge is -2.12. The molecule has 196 valence electrons. The normalized spacial score (nSPS) is 10.6. The lowest BCUT2D eigenvalue weighted by molar-refractivity contribution is -0.394. The molecule has 38 heavy (non-hydrogen) atoms. The number of non-ortho nitro benzene ring substituents is 1. The first-order valence-electron chi connectivity index (χ1n) is 11.2. The van der Waals surface area contributed by atoms with Gasteiger partial charge in [-0.25, -0.2) is 5.43 Å². The Hall–Kier alpha value is -5.33. The number of rotatable bonds is 9. The van der Waals surface area contributed by atoms with Gasteiger partial charge in [-0.3, -0.25) is 29.8 Å². The molecular weight excluding hydrogens is 498 g/mol. The third kappa shape index (κ3) is 6.87. The number of anilines is 1. The van der Waals surface area contributed by atoms with Crippen molar-refractivity contribution in [3.63, 3.8) is 0 Å². The van der Waals surface area contributed by atoms with E-state index in [9.17, 15) is 29.8 Å². The minimum Gasteiger partial charge on any atom is -0.490 e. The molecule has 0 spiro atoms. The minimum absolute atomic E-state index is 0.109. The molecule has 0 aliphatic carbocycles. The fourth-order valence-electron chi connectivity index (χ4n) is 3.19. The van der Waals surface area contributed by atoms with Gasteiger partial charge in [0.25, 0.3) is 5.69 Å². The van der Waals surface area contributed by atoms with Crippen LogP contribution < -0.4 is 20.2 Å². The van der Waals surface area contributed by atoms with Gasteiger partial charge in [-0.15, -0.1) is 0 Å². The van der Waals surface area contributed by atoms with Crippen molar-refractivity contribution in [3.8, 4) is 17.2 Å². The van der Waals surface area contributed by atoms with Crippen molar-refractivity contribution < 1.29 is 28.9 Å². The van der Waals surface area contributed by atoms with E-state index in [1.807, 2.05) is 19.1 Å². The maximum absolute atomic E-state index is 12.2. The number of nitrogens with one attached hydrogen (secondary N) is 2. The molecule has 0 saturated heterocycles. The average molecular weight is 521 g/mol. The lowest BCUT2D eigenvalue weighted by Crippen LogP contribution is -2.32. The van der Waals surface area contributed by atoms with Crippen molar-refractivity contribution in [2.24, 2.45) is 5.10 Å². The van der Waals surface area contributed by atoms with Crippen molar-refractivity contribution in [2.45, 2.75) is 20.8 Å². The Kier molecular flexibility index (Phi) is 8.66. The van der Waals surface area contributed by atoms with E-state index in [2.05, 4.69) is 15.8 Å². The molecule has 0 unspecified atom stereocenters. The molecule has 0 aliphatic heterocycles. The summed E-state index contributed by atoms with van der Waals surface area (Å²) in [7, 11) is 0. The Balaban J connectivity index is 1.73. The number of hydrogen-bond acceptors (Lipinski definition) is 9. The molecule has 3 aromatic carbocycles. The summed E-state index contributed by atoms with van der Waals surface area (Å²) in [6.45, 7) is 5.61. The Morgan fingerprint density at radius 2 is 1.66 bits per heavy atom. The van der Waals surface area contributed by atoms with Gasteiger partial charge in [-0.05, 0) is 67.8 Å². The number of benzene rings is 3. The Bertz CT molecular complexity index is 1440. The Labute approximate surface area is 216 Å². The van der Waals surface area contributed by atoms with Gasteiger partial charge in [-0.2, -0.15) is 5.10 Å². The summed E-state index contributed by atoms with van der Waals surface area (Å²) in [5, 5.41) is 28.7. The summed E-state index contributed by atoms with van der Waals surface area (Å²) in [4.78, 5) is 45.1. The maximum Gasteiger partial charge on any atom is 0.329 e. The first-order valence-corrected chi connectivity index (χ1v) is 11.2. The monoisotopic (exact) mass is 521 g/mol. The number of nitro benzene ring substituents is 2. The molecule has 13 nitrogen and oxygen atoms in total. The van der Waals surface area contributed by atoms with E-state index in [-0.39, 0.29) is 23.9 Å². The van der Waals surface area contributed by atoms with E-state index < -0.39 is 33.0 Å². The standard InChI is InChI=1S/C25H23N5O8/c1-4-37-23-12-17(14-26-28-25(32)24(31)27-19-11-15(2)5-6-16(19)3)7-9-22(23)38-21-10-8-18(29(33)34)13-20(21)30(35)36/h5-14H,4H2,1-3H3,(H,27,31)(H,28,32)/b26-14+. The second kappa shape index (κ2) is 12.1. The molecule has 0 aromatic heterocycles. The Morgan fingerprint density at radius 1 is 0.921 bits per heavy atom. The van der Waals surface area contributed by atoms with Crippen LogP contribution in [0.15, 0.2) is 59.7 Å². The lowest BCUT2D eigenvalue weighted by atomic mass is 10.1. The van der Waals surface area contributed by atoms with E-state index >= 15 is 0 Å². The van der Waals surface area contributed by atoms with Gasteiger partial charge in [0.2, 0.25) is 5.75 Å². The zero-order valence-corrected chi connectivity index (χ0v) is 20.6. The third-order valence-corrected chi connectivity index (χ3v) is 5.06. The predicted molar refractivity (Wildman–Crippen MR) is 138 cm³/mol. The largest absolute Gasteiger partial charge is 0.490 e. The Morgan fingerprint density at radius 3 is 2.34 bits per heavy atom. The number of nitro groups is 2. The van der Waals surface area contributed by atoms with Crippen LogP contribution in [-0.2, 0) is 9.59 Å². The fourth-order valence-corrected chi connectivity index (χ4v) is 3.19. The molecule has 0 aliphatic rings. The highest BCUT2D eigenvalue weighted by molar-refractivity contribution is 6.39. The van der Waals surface area contributed by atoms with E-state index in [1.54, 1.807) is 19.9 Å². The summed E-state index contributed by atoms with van der Waals surface area (Å²) in [5.74, 6) is -1.78. The summed E-state index contributed by atoms with van der Waals surface area (Å²) >= 11 is 0. The molecule has 3 rings (SSSR count). The van der Waals surface area contributed by atoms with Crippen LogP contribution in [0, 0.1) is 34.1 Å². The van der Waals surface area contributed by atoms with Crippen LogP contribution in [0.5, 0.6) is 17.2 Å². The molecule has 13 heteroatoms. The number of nitrogens with zero attached hydrogens (tertiary/aromatic N) is 3. The molecular formula is C25H23N5O8. The minimum atomic E-state index is -0.974. The van der Waals surface area contributed by atoms with Crippen LogP contribution in [0.4, 0.5) is 17.1 Å². The van der Waals surface area contributed by atoms with Crippen molar-refractivity contribution in [3.05, 3.63) is 91.5 Å². The van der Waals surface area contributed by atoms with E-state index in [0.717, 1.165) is 29.3 Å². The molecule has 0 atom stereocenters. The molecule has 0 fully saturated rings. The molecule has 0 radical (unpaired) electrons. The summed E-state index contributed by atoms with van der Waals surface area (Å²) < 4.78 is 11.2. The number of ether oxygens (including phenoxy) is 2. The maximum atomic E-state index is 12.2. The zero-order chi connectivity index (χ0) is 27.8. The van der Waals surface area contributed by atoms with Crippen LogP contribution in [-0.4, -0.2) is 34.5 Å². The van der Waals surface area contributed by atoms with E-state index in [1.165, 1.54) is 24.4 Å². The molecule has 2 N–H and O–H groups in total. The van der Waals surface area contributed by atoms with Crippen LogP contribution in [0.2, 0.25) is 0 Å².